The Morgan fingerprint density at radius 1 is 1.18 bits per heavy atom. The highest BCUT2D eigenvalue weighted by Crippen LogP contribution is 2.37. The van der Waals surface area contributed by atoms with Gasteiger partial charge in [0.15, 0.2) is 5.82 Å². The Bertz CT molecular complexity index is 987. The molecule has 1 aliphatic rings. The molecule has 0 unspecified atom stereocenters. The number of carbonyl (C=O) groups excluding carboxylic acids is 1. The lowest BCUT2D eigenvalue weighted by atomic mass is 10.0. The predicted octanol–water partition coefficient (Wildman–Crippen LogP) is 4.20. The van der Waals surface area contributed by atoms with Crippen LogP contribution in [-0.2, 0) is 11.2 Å². The summed E-state index contributed by atoms with van der Waals surface area (Å²) < 4.78 is 1.87. The molecule has 0 saturated heterocycles. The molecule has 0 saturated carbocycles. The van der Waals surface area contributed by atoms with Crippen LogP contribution in [0.15, 0.2) is 53.7 Å². The van der Waals surface area contributed by atoms with Crippen LogP contribution in [0, 0.1) is 6.92 Å². The molecule has 2 aromatic carbocycles. The van der Waals surface area contributed by atoms with Crippen LogP contribution in [0.1, 0.15) is 29.9 Å². The summed E-state index contributed by atoms with van der Waals surface area (Å²) >= 11 is 7.46. The minimum atomic E-state index is -0.413. The number of rotatable bonds is 4. The first-order valence-electron chi connectivity index (χ1n) is 9.05. The van der Waals surface area contributed by atoms with Crippen molar-refractivity contribution in [3.05, 3.63) is 70.5 Å². The molecule has 28 heavy (non-hydrogen) atoms. The van der Waals surface area contributed by atoms with E-state index in [1.807, 2.05) is 67.1 Å². The standard InChI is InChI=1S/C20H20ClN5OS/c1-3-16-23-24-20-26(16)25-17(13-6-8-14(21)9-7-13)18(28-20)19(27)22-15-10-4-12(2)5-11-15/h4-11,17-18,25H,3H2,1-2H3,(H,22,27)/t17-,18-/m1/s1. The molecular weight excluding hydrogens is 394 g/mol. The molecule has 1 aromatic heterocycles. The lowest BCUT2D eigenvalue weighted by Gasteiger charge is -2.33. The number of aryl methyl sites for hydroxylation is 2. The van der Waals surface area contributed by atoms with E-state index >= 15 is 0 Å². The van der Waals surface area contributed by atoms with Crippen molar-refractivity contribution in [3.63, 3.8) is 0 Å². The van der Waals surface area contributed by atoms with E-state index < -0.39 is 5.25 Å². The molecule has 0 bridgehead atoms. The van der Waals surface area contributed by atoms with Gasteiger partial charge in [0.2, 0.25) is 11.1 Å². The van der Waals surface area contributed by atoms with E-state index in [4.69, 9.17) is 11.6 Å². The van der Waals surface area contributed by atoms with Crippen molar-refractivity contribution in [3.8, 4) is 0 Å². The van der Waals surface area contributed by atoms with Gasteiger partial charge in [0, 0.05) is 17.1 Å². The number of nitrogens with one attached hydrogen (secondary N) is 2. The second-order valence-electron chi connectivity index (χ2n) is 6.64. The normalized spacial score (nSPS) is 18.2. The molecule has 4 rings (SSSR count). The molecule has 3 aromatic rings. The number of amides is 1. The van der Waals surface area contributed by atoms with E-state index in [-0.39, 0.29) is 11.9 Å². The van der Waals surface area contributed by atoms with Crippen LogP contribution >= 0.6 is 23.4 Å². The first-order chi connectivity index (χ1) is 13.5. The number of hydrogen-bond acceptors (Lipinski definition) is 5. The van der Waals surface area contributed by atoms with E-state index in [2.05, 4.69) is 20.9 Å². The van der Waals surface area contributed by atoms with Crippen LogP contribution < -0.4 is 10.7 Å². The Labute approximate surface area is 172 Å². The zero-order chi connectivity index (χ0) is 19.7. The molecule has 0 fully saturated rings. The van der Waals surface area contributed by atoms with Gasteiger partial charge in [-0.1, -0.05) is 60.1 Å². The Morgan fingerprint density at radius 2 is 1.89 bits per heavy atom. The van der Waals surface area contributed by atoms with Crippen molar-refractivity contribution in [2.45, 2.75) is 36.7 Å². The van der Waals surface area contributed by atoms with Crippen molar-refractivity contribution < 1.29 is 4.79 Å². The molecule has 2 atom stereocenters. The van der Waals surface area contributed by atoms with Gasteiger partial charge in [0.25, 0.3) is 0 Å². The van der Waals surface area contributed by atoms with E-state index in [0.717, 1.165) is 29.1 Å². The fraction of sp³-hybridized carbons (Fsp3) is 0.250. The zero-order valence-corrected chi connectivity index (χ0v) is 17.1. The molecular formula is C20H20ClN5OS. The Hall–Kier alpha value is -2.51. The van der Waals surface area contributed by atoms with E-state index in [1.165, 1.54) is 11.8 Å². The van der Waals surface area contributed by atoms with Crippen molar-refractivity contribution in [2.24, 2.45) is 0 Å². The van der Waals surface area contributed by atoms with E-state index in [1.54, 1.807) is 0 Å². The number of benzene rings is 2. The largest absolute Gasteiger partial charge is 0.325 e. The van der Waals surface area contributed by atoms with Crippen molar-refractivity contribution >= 4 is 35.0 Å². The van der Waals surface area contributed by atoms with Crippen LogP contribution in [0.5, 0.6) is 0 Å². The summed E-state index contributed by atoms with van der Waals surface area (Å²) in [5.74, 6) is 0.743. The maximum atomic E-state index is 13.1. The van der Waals surface area contributed by atoms with Gasteiger partial charge < -0.3 is 10.7 Å². The highest BCUT2D eigenvalue weighted by Gasteiger charge is 2.37. The topological polar surface area (TPSA) is 71.8 Å². The summed E-state index contributed by atoms with van der Waals surface area (Å²) in [6.45, 7) is 4.04. The van der Waals surface area contributed by atoms with Gasteiger partial charge in [-0.25, -0.2) is 4.68 Å². The summed E-state index contributed by atoms with van der Waals surface area (Å²) in [5.41, 5.74) is 6.31. The maximum absolute atomic E-state index is 13.1. The first-order valence-corrected chi connectivity index (χ1v) is 10.3. The number of hydrogen-bond donors (Lipinski definition) is 2. The predicted molar refractivity (Wildman–Crippen MR) is 112 cm³/mol. The minimum absolute atomic E-state index is 0.0893. The lowest BCUT2D eigenvalue weighted by Crippen LogP contribution is -2.41. The molecule has 1 amide bonds. The quantitative estimate of drug-likeness (QED) is 0.670. The monoisotopic (exact) mass is 413 g/mol. The Morgan fingerprint density at radius 3 is 2.57 bits per heavy atom. The smallest absolute Gasteiger partial charge is 0.240 e. The number of aromatic nitrogens is 3. The highest BCUT2D eigenvalue weighted by molar-refractivity contribution is 8.00. The van der Waals surface area contributed by atoms with Crippen molar-refractivity contribution in [2.75, 3.05) is 10.7 Å². The number of halogens is 1. The van der Waals surface area contributed by atoms with Gasteiger partial charge in [-0.05, 0) is 36.8 Å². The molecule has 6 nitrogen and oxygen atoms in total. The van der Waals surface area contributed by atoms with Crippen LogP contribution in [0.3, 0.4) is 0 Å². The molecule has 8 heteroatoms. The first kappa shape index (κ1) is 18.8. The third kappa shape index (κ3) is 3.72. The maximum Gasteiger partial charge on any atom is 0.240 e. The molecule has 0 radical (unpaired) electrons. The molecule has 0 aliphatic carbocycles. The fourth-order valence-corrected chi connectivity index (χ4v) is 4.32. The summed E-state index contributed by atoms with van der Waals surface area (Å²) in [4.78, 5) is 13.1. The lowest BCUT2D eigenvalue weighted by molar-refractivity contribution is -0.116. The summed E-state index contributed by atoms with van der Waals surface area (Å²) in [6.07, 6.45) is 0.744. The van der Waals surface area contributed by atoms with E-state index in [9.17, 15) is 4.79 Å². The zero-order valence-electron chi connectivity index (χ0n) is 15.5. The van der Waals surface area contributed by atoms with Crippen LogP contribution in [0.2, 0.25) is 5.02 Å². The van der Waals surface area contributed by atoms with Crippen LogP contribution in [0.25, 0.3) is 0 Å². The SMILES string of the molecule is CCc1nnc2n1N[C@H](c1ccc(Cl)cc1)[C@H](C(=O)Nc1ccc(C)cc1)S2. The Balaban J connectivity index is 1.66. The van der Waals surface area contributed by atoms with Gasteiger partial charge in [-0.3, -0.25) is 4.79 Å². The van der Waals surface area contributed by atoms with Gasteiger partial charge in [-0.2, -0.15) is 0 Å². The highest BCUT2D eigenvalue weighted by atomic mass is 35.5. The summed E-state index contributed by atoms with van der Waals surface area (Å²) in [7, 11) is 0. The number of fused-ring (bicyclic) bond motifs is 1. The molecule has 1 aliphatic heterocycles. The average molecular weight is 414 g/mol. The number of carbonyl (C=O) groups is 1. The van der Waals surface area contributed by atoms with Gasteiger partial charge in [0.1, 0.15) is 5.25 Å². The molecule has 144 valence electrons. The van der Waals surface area contributed by atoms with Crippen molar-refractivity contribution in [1.82, 2.24) is 14.9 Å². The minimum Gasteiger partial charge on any atom is -0.325 e. The van der Waals surface area contributed by atoms with Gasteiger partial charge in [0.05, 0.1) is 6.04 Å². The van der Waals surface area contributed by atoms with Crippen molar-refractivity contribution in [1.29, 1.82) is 0 Å². The molecule has 2 N–H and O–H groups in total. The number of nitrogens with zero attached hydrogens (tertiary/aromatic N) is 3. The third-order valence-electron chi connectivity index (χ3n) is 4.63. The average Bonchev–Trinajstić information content (AvgIpc) is 3.11. The Kier molecular flexibility index (Phi) is 5.28. The third-order valence-corrected chi connectivity index (χ3v) is 6.09. The van der Waals surface area contributed by atoms with Gasteiger partial charge in [-0.15, -0.1) is 10.2 Å². The van der Waals surface area contributed by atoms with E-state index in [0.29, 0.717) is 10.2 Å². The second-order valence-corrected chi connectivity index (χ2v) is 8.18. The summed E-state index contributed by atoms with van der Waals surface area (Å²) in [5, 5.41) is 12.4. The molecule has 2 heterocycles. The summed E-state index contributed by atoms with van der Waals surface area (Å²) in [6, 6.07) is 15.1. The number of anilines is 1. The van der Waals surface area contributed by atoms with Crippen LogP contribution in [-0.4, -0.2) is 26.0 Å². The fourth-order valence-electron chi connectivity index (χ4n) is 3.10. The molecule has 0 spiro atoms. The van der Waals surface area contributed by atoms with Crippen LogP contribution in [0.4, 0.5) is 5.69 Å². The number of thioether (sulfide) groups is 1. The second kappa shape index (κ2) is 7.85. The van der Waals surface area contributed by atoms with Gasteiger partial charge >= 0.3 is 0 Å².